The van der Waals surface area contributed by atoms with Crippen LogP contribution in [-0.2, 0) is 9.59 Å². The SMILES string of the molecule is CC(C)(C)C(=O)Nc1ccccc1C1N=c2ccccc2=NC1=O. The molecule has 0 fully saturated rings. The van der Waals surface area contributed by atoms with E-state index in [4.69, 9.17) is 0 Å². The van der Waals surface area contributed by atoms with E-state index >= 15 is 0 Å². The Morgan fingerprint density at radius 1 is 1.00 bits per heavy atom. The molecule has 1 heterocycles. The molecule has 1 aliphatic rings. The maximum atomic E-state index is 12.4. The highest BCUT2D eigenvalue weighted by molar-refractivity contribution is 5.96. The third-order valence-electron chi connectivity index (χ3n) is 3.80. The van der Waals surface area contributed by atoms with Crippen LogP contribution in [0.25, 0.3) is 0 Å². The first-order valence-electron chi connectivity index (χ1n) is 7.82. The van der Waals surface area contributed by atoms with Gasteiger partial charge in [0, 0.05) is 16.7 Å². The molecule has 0 saturated heterocycles. The number of para-hydroxylation sites is 3. The summed E-state index contributed by atoms with van der Waals surface area (Å²) in [5.41, 5.74) is 0.713. The summed E-state index contributed by atoms with van der Waals surface area (Å²) in [4.78, 5) is 33.4. The highest BCUT2D eigenvalue weighted by Crippen LogP contribution is 2.28. The van der Waals surface area contributed by atoms with Gasteiger partial charge in [-0.3, -0.25) is 14.6 Å². The molecular weight excluding hydrogens is 302 g/mol. The van der Waals surface area contributed by atoms with Crippen molar-refractivity contribution in [1.82, 2.24) is 0 Å². The molecule has 0 spiro atoms. The van der Waals surface area contributed by atoms with Crippen molar-refractivity contribution in [2.75, 3.05) is 5.32 Å². The Hall–Kier alpha value is -2.82. The Morgan fingerprint density at radius 3 is 2.33 bits per heavy atom. The van der Waals surface area contributed by atoms with Crippen molar-refractivity contribution in [1.29, 1.82) is 0 Å². The third kappa shape index (κ3) is 3.11. The summed E-state index contributed by atoms with van der Waals surface area (Å²) >= 11 is 0. The number of carbonyl (C=O) groups excluding carboxylic acids is 2. The highest BCUT2D eigenvalue weighted by Gasteiger charge is 2.27. The van der Waals surface area contributed by atoms with Crippen LogP contribution in [0.1, 0.15) is 32.4 Å². The number of hydrogen-bond acceptors (Lipinski definition) is 3. The number of carbonyl (C=O) groups is 2. The maximum absolute atomic E-state index is 12.4. The third-order valence-corrected chi connectivity index (χ3v) is 3.80. The van der Waals surface area contributed by atoms with E-state index in [1.807, 2.05) is 51.1 Å². The molecule has 5 heteroatoms. The molecule has 5 nitrogen and oxygen atoms in total. The van der Waals surface area contributed by atoms with Crippen molar-refractivity contribution in [3.05, 3.63) is 64.8 Å². The molecule has 1 unspecified atom stereocenters. The van der Waals surface area contributed by atoms with E-state index < -0.39 is 11.5 Å². The smallest absolute Gasteiger partial charge is 0.275 e. The number of nitrogens with one attached hydrogen (secondary N) is 1. The normalized spacial score (nSPS) is 16.6. The van der Waals surface area contributed by atoms with Gasteiger partial charge in [-0.25, -0.2) is 4.99 Å². The first-order chi connectivity index (χ1) is 11.4. The van der Waals surface area contributed by atoms with Crippen molar-refractivity contribution >= 4 is 17.5 Å². The zero-order valence-electron chi connectivity index (χ0n) is 13.9. The van der Waals surface area contributed by atoms with Crippen LogP contribution in [0.15, 0.2) is 58.5 Å². The van der Waals surface area contributed by atoms with Crippen LogP contribution in [0, 0.1) is 5.41 Å². The molecule has 1 N–H and O–H groups in total. The summed E-state index contributed by atoms with van der Waals surface area (Å²) in [5.74, 6) is -0.443. The summed E-state index contributed by atoms with van der Waals surface area (Å²) in [6.07, 6.45) is 0. The van der Waals surface area contributed by atoms with Gasteiger partial charge in [-0.05, 0) is 18.2 Å². The van der Waals surface area contributed by atoms with Gasteiger partial charge in [0.1, 0.15) is 0 Å². The summed E-state index contributed by atoms with van der Waals surface area (Å²) in [5, 5.41) is 4.16. The molecule has 0 aromatic heterocycles. The molecule has 0 saturated carbocycles. The van der Waals surface area contributed by atoms with E-state index in [0.29, 0.717) is 22.0 Å². The van der Waals surface area contributed by atoms with Crippen LogP contribution in [0.4, 0.5) is 5.69 Å². The van der Waals surface area contributed by atoms with Gasteiger partial charge in [-0.2, -0.15) is 0 Å². The number of hydrogen-bond donors (Lipinski definition) is 1. The largest absolute Gasteiger partial charge is 0.325 e. The highest BCUT2D eigenvalue weighted by atomic mass is 16.2. The van der Waals surface area contributed by atoms with Gasteiger partial charge >= 0.3 is 0 Å². The Labute approximate surface area is 140 Å². The van der Waals surface area contributed by atoms with Crippen molar-refractivity contribution in [2.24, 2.45) is 15.4 Å². The van der Waals surface area contributed by atoms with Crippen LogP contribution in [-0.4, -0.2) is 11.8 Å². The van der Waals surface area contributed by atoms with Crippen LogP contribution < -0.4 is 16.0 Å². The van der Waals surface area contributed by atoms with Gasteiger partial charge in [-0.15, -0.1) is 0 Å². The minimum Gasteiger partial charge on any atom is -0.325 e. The van der Waals surface area contributed by atoms with Gasteiger partial charge in [0.05, 0.1) is 10.7 Å². The van der Waals surface area contributed by atoms with Gasteiger partial charge in [0.2, 0.25) is 5.91 Å². The topological polar surface area (TPSA) is 70.9 Å². The van der Waals surface area contributed by atoms with Crippen molar-refractivity contribution in [3.63, 3.8) is 0 Å². The quantitative estimate of drug-likeness (QED) is 0.921. The van der Waals surface area contributed by atoms with Crippen LogP contribution in [0.2, 0.25) is 0 Å². The number of nitrogens with zero attached hydrogens (tertiary/aromatic N) is 2. The lowest BCUT2D eigenvalue weighted by Gasteiger charge is -2.21. The van der Waals surface area contributed by atoms with Crippen molar-refractivity contribution in [2.45, 2.75) is 26.8 Å². The molecule has 1 atom stereocenters. The summed E-state index contributed by atoms with van der Waals surface area (Å²) < 4.78 is 0. The molecule has 0 aliphatic carbocycles. The van der Waals surface area contributed by atoms with Gasteiger partial charge in [0.25, 0.3) is 5.91 Å². The maximum Gasteiger partial charge on any atom is 0.275 e. The molecule has 0 bridgehead atoms. The van der Waals surface area contributed by atoms with E-state index in [9.17, 15) is 9.59 Å². The zero-order valence-corrected chi connectivity index (χ0v) is 13.9. The monoisotopic (exact) mass is 321 g/mol. The molecule has 2 amide bonds. The van der Waals surface area contributed by atoms with E-state index in [-0.39, 0.29) is 11.8 Å². The fourth-order valence-electron chi connectivity index (χ4n) is 2.40. The predicted octanol–water partition coefficient (Wildman–Crippen LogP) is 2.19. The van der Waals surface area contributed by atoms with Crippen LogP contribution in [0.5, 0.6) is 0 Å². The van der Waals surface area contributed by atoms with E-state index in [0.717, 1.165) is 0 Å². The van der Waals surface area contributed by atoms with Gasteiger partial charge in [0.15, 0.2) is 6.04 Å². The Bertz CT molecular complexity index is 926. The average molecular weight is 321 g/mol. The number of fused-ring (bicyclic) bond motifs is 1. The van der Waals surface area contributed by atoms with Crippen LogP contribution in [0.3, 0.4) is 0 Å². The number of amides is 2. The summed E-state index contributed by atoms with van der Waals surface area (Å²) in [7, 11) is 0. The minimum absolute atomic E-state index is 0.115. The molecular formula is C19H19N3O2. The molecule has 1 aliphatic heterocycles. The average Bonchev–Trinajstić information content (AvgIpc) is 2.54. The lowest BCUT2D eigenvalue weighted by atomic mass is 9.95. The standard InChI is InChI=1S/C19H19N3O2/c1-19(2,3)18(24)22-13-9-5-4-8-12(13)16-17(23)21-15-11-7-6-10-14(15)20-16/h4-11,16H,1-3H3,(H,22,24). The second kappa shape index (κ2) is 6.00. The lowest BCUT2D eigenvalue weighted by molar-refractivity contribution is -0.123. The zero-order chi connectivity index (χ0) is 17.3. The Kier molecular flexibility index (Phi) is 4.01. The summed E-state index contributed by atoms with van der Waals surface area (Å²) in [6, 6.07) is 13.8. The Balaban J connectivity index is 2.04. The predicted molar refractivity (Wildman–Crippen MR) is 91.0 cm³/mol. The van der Waals surface area contributed by atoms with Crippen LogP contribution >= 0.6 is 0 Å². The van der Waals surface area contributed by atoms with E-state index in [2.05, 4.69) is 15.3 Å². The van der Waals surface area contributed by atoms with Gasteiger partial charge in [-0.1, -0.05) is 51.1 Å². The molecule has 24 heavy (non-hydrogen) atoms. The van der Waals surface area contributed by atoms with E-state index in [1.165, 1.54) is 0 Å². The first kappa shape index (κ1) is 16.1. The van der Waals surface area contributed by atoms with E-state index in [1.54, 1.807) is 18.2 Å². The fourth-order valence-corrected chi connectivity index (χ4v) is 2.40. The van der Waals surface area contributed by atoms with Crippen molar-refractivity contribution < 1.29 is 9.59 Å². The fraction of sp³-hybridized carbons (Fsp3) is 0.263. The molecule has 3 rings (SSSR count). The summed E-state index contributed by atoms with van der Waals surface area (Å²) in [6.45, 7) is 5.52. The first-order valence-corrected chi connectivity index (χ1v) is 7.82. The second-order valence-corrected chi connectivity index (χ2v) is 6.76. The second-order valence-electron chi connectivity index (χ2n) is 6.76. The molecule has 2 aromatic carbocycles. The van der Waals surface area contributed by atoms with Gasteiger partial charge < -0.3 is 5.32 Å². The molecule has 0 radical (unpaired) electrons. The molecule has 2 aromatic rings. The molecule has 122 valence electrons. The Morgan fingerprint density at radius 2 is 1.62 bits per heavy atom. The number of anilines is 1. The lowest BCUT2D eigenvalue weighted by Crippen LogP contribution is -2.33. The number of rotatable bonds is 2. The van der Waals surface area contributed by atoms with Crippen molar-refractivity contribution in [3.8, 4) is 0 Å². The number of benzene rings is 2. The minimum atomic E-state index is -0.739.